The number of benzene rings is 2. The molecular weight excluding hydrogens is 196 g/mol. The molecule has 0 saturated heterocycles. The van der Waals surface area contributed by atoms with Crippen LogP contribution < -0.4 is 5.43 Å². The second-order valence-corrected chi connectivity index (χ2v) is 3.83. The van der Waals surface area contributed by atoms with Crippen LogP contribution in [0.1, 0.15) is 0 Å². The highest BCUT2D eigenvalue weighted by atomic mass is 16.1. The van der Waals surface area contributed by atoms with E-state index in [0.29, 0.717) is 0 Å². The predicted octanol–water partition coefficient (Wildman–Crippen LogP) is 3.35. The minimum atomic E-state index is 0.0748. The van der Waals surface area contributed by atoms with Crippen molar-refractivity contribution in [3.63, 3.8) is 0 Å². The van der Waals surface area contributed by atoms with Crippen LogP contribution in [0, 0.1) is 0 Å². The standard InChI is InChI=1S/C15H10O/c16-15-8-4-3-7-13-12-6-2-1-5-11(12)9-10-14(13)15/h1-10H. The van der Waals surface area contributed by atoms with Crippen LogP contribution in [0.3, 0.4) is 0 Å². The maximum Gasteiger partial charge on any atom is 0.186 e. The fourth-order valence-corrected chi connectivity index (χ4v) is 2.07. The molecule has 3 aromatic carbocycles. The van der Waals surface area contributed by atoms with Crippen LogP contribution in [0.15, 0.2) is 65.5 Å². The first-order valence-corrected chi connectivity index (χ1v) is 5.27. The van der Waals surface area contributed by atoms with Crippen LogP contribution in [0.5, 0.6) is 0 Å². The number of fused-ring (bicyclic) bond motifs is 3. The van der Waals surface area contributed by atoms with Crippen LogP contribution in [-0.4, -0.2) is 0 Å². The topological polar surface area (TPSA) is 17.1 Å². The number of rotatable bonds is 0. The Balaban J connectivity index is 2.68. The SMILES string of the molecule is O=c1ccccc2c1ccc1ccccc12. The molecule has 0 radical (unpaired) electrons. The quantitative estimate of drug-likeness (QED) is 0.551. The van der Waals surface area contributed by atoms with Gasteiger partial charge in [-0.05, 0) is 28.3 Å². The van der Waals surface area contributed by atoms with Crippen molar-refractivity contribution in [1.29, 1.82) is 0 Å². The summed E-state index contributed by atoms with van der Waals surface area (Å²) in [6.07, 6.45) is 0. The third-order valence-corrected chi connectivity index (χ3v) is 2.86. The van der Waals surface area contributed by atoms with Gasteiger partial charge < -0.3 is 0 Å². The first-order chi connectivity index (χ1) is 7.86. The van der Waals surface area contributed by atoms with Crippen molar-refractivity contribution in [1.82, 2.24) is 0 Å². The molecule has 1 heteroatoms. The van der Waals surface area contributed by atoms with Gasteiger partial charge in [-0.2, -0.15) is 0 Å². The summed E-state index contributed by atoms with van der Waals surface area (Å²) in [5, 5.41) is 4.10. The molecule has 0 aliphatic carbocycles. The Labute approximate surface area is 93.0 Å². The smallest absolute Gasteiger partial charge is 0.186 e. The fraction of sp³-hybridized carbons (Fsp3) is 0. The molecule has 0 bridgehead atoms. The Morgan fingerprint density at radius 3 is 2.12 bits per heavy atom. The van der Waals surface area contributed by atoms with Crippen molar-refractivity contribution in [3.05, 3.63) is 70.9 Å². The summed E-state index contributed by atoms with van der Waals surface area (Å²) in [7, 11) is 0. The molecule has 0 N–H and O–H groups in total. The van der Waals surface area contributed by atoms with E-state index in [1.54, 1.807) is 12.1 Å². The normalized spacial score (nSPS) is 10.8. The summed E-state index contributed by atoms with van der Waals surface area (Å²) in [6, 6.07) is 19.3. The number of hydrogen-bond donors (Lipinski definition) is 0. The van der Waals surface area contributed by atoms with Crippen molar-refractivity contribution in [2.45, 2.75) is 0 Å². The molecule has 3 rings (SSSR count). The molecule has 0 fully saturated rings. The van der Waals surface area contributed by atoms with Crippen molar-refractivity contribution in [2.75, 3.05) is 0 Å². The molecule has 0 heterocycles. The maximum atomic E-state index is 11.8. The zero-order chi connectivity index (χ0) is 11.0. The predicted molar refractivity (Wildman–Crippen MR) is 67.7 cm³/mol. The summed E-state index contributed by atoms with van der Waals surface area (Å²) in [4.78, 5) is 11.8. The van der Waals surface area contributed by atoms with Gasteiger partial charge in [-0.25, -0.2) is 0 Å². The average Bonchev–Trinajstić information content (AvgIpc) is 2.52. The minimum Gasteiger partial charge on any atom is -0.289 e. The van der Waals surface area contributed by atoms with Gasteiger partial charge >= 0.3 is 0 Å². The Morgan fingerprint density at radius 2 is 1.25 bits per heavy atom. The van der Waals surface area contributed by atoms with E-state index in [-0.39, 0.29) is 5.43 Å². The van der Waals surface area contributed by atoms with Crippen molar-refractivity contribution in [3.8, 4) is 0 Å². The summed E-state index contributed by atoms with van der Waals surface area (Å²) in [5.74, 6) is 0. The third-order valence-electron chi connectivity index (χ3n) is 2.86. The average molecular weight is 206 g/mol. The highest BCUT2D eigenvalue weighted by Gasteiger charge is 2.00. The van der Waals surface area contributed by atoms with Crippen molar-refractivity contribution >= 4 is 21.5 Å². The summed E-state index contributed by atoms with van der Waals surface area (Å²) in [5.41, 5.74) is 0.0748. The summed E-state index contributed by atoms with van der Waals surface area (Å²) < 4.78 is 0. The molecule has 0 spiro atoms. The second kappa shape index (κ2) is 3.46. The van der Waals surface area contributed by atoms with Gasteiger partial charge in [0.15, 0.2) is 5.43 Å². The molecule has 0 atom stereocenters. The van der Waals surface area contributed by atoms with Gasteiger partial charge in [0, 0.05) is 5.39 Å². The molecule has 1 nitrogen and oxygen atoms in total. The van der Waals surface area contributed by atoms with E-state index in [1.807, 2.05) is 36.4 Å². The highest BCUT2D eigenvalue weighted by molar-refractivity contribution is 6.06. The van der Waals surface area contributed by atoms with E-state index in [0.717, 1.165) is 16.2 Å². The lowest BCUT2D eigenvalue weighted by atomic mass is 10.0. The van der Waals surface area contributed by atoms with E-state index in [9.17, 15) is 4.79 Å². The van der Waals surface area contributed by atoms with E-state index >= 15 is 0 Å². The van der Waals surface area contributed by atoms with E-state index < -0.39 is 0 Å². The van der Waals surface area contributed by atoms with E-state index in [4.69, 9.17) is 0 Å². The molecular formula is C15H10O. The van der Waals surface area contributed by atoms with Crippen molar-refractivity contribution in [2.24, 2.45) is 0 Å². The maximum absolute atomic E-state index is 11.8. The van der Waals surface area contributed by atoms with E-state index in [1.165, 1.54) is 5.39 Å². The molecule has 3 aromatic rings. The lowest BCUT2D eigenvalue weighted by Gasteiger charge is -1.99. The second-order valence-electron chi connectivity index (χ2n) is 3.83. The lowest BCUT2D eigenvalue weighted by molar-refractivity contribution is 1.73. The van der Waals surface area contributed by atoms with Crippen LogP contribution in [0.4, 0.5) is 0 Å². The fourth-order valence-electron chi connectivity index (χ4n) is 2.07. The lowest BCUT2D eigenvalue weighted by Crippen LogP contribution is -1.94. The van der Waals surface area contributed by atoms with Gasteiger partial charge in [0.2, 0.25) is 0 Å². The zero-order valence-electron chi connectivity index (χ0n) is 8.68. The molecule has 0 aromatic heterocycles. The molecule has 76 valence electrons. The summed E-state index contributed by atoms with van der Waals surface area (Å²) in [6.45, 7) is 0. The zero-order valence-corrected chi connectivity index (χ0v) is 8.68. The van der Waals surface area contributed by atoms with Gasteiger partial charge in [0.25, 0.3) is 0 Å². The molecule has 0 aliphatic rings. The van der Waals surface area contributed by atoms with Crippen LogP contribution >= 0.6 is 0 Å². The highest BCUT2D eigenvalue weighted by Crippen LogP contribution is 2.22. The number of hydrogen-bond acceptors (Lipinski definition) is 1. The molecule has 0 saturated carbocycles. The van der Waals surface area contributed by atoms with Gasteiger partial charge in [0.1, 0.15) is 0 Å². The van der Waals surface area contributed by atoms with Gasteiger partial charge in [-0.15, -0.1) is 0 Å². The van der Waals surface area contributed by atoms with E-state index in [2.05, 4.69) is 12.1 Å². The Hall–Kier alpha value is -2.15. The van der Waals surface area contributed by atoms with Gasteiger partial charge in [-0.1, -0.05) is 48.5 Å². The first kappa shape index (κ1) is 9.10. The molecule has 0 aliphatic heterocycles. The van der Waals surface area contributed by atoms with Crippen LogP contribution in [-0.2, 0) is 0 Å². The van der Waals surface area contributed by atoms with Crippen LogP contribution in [0.2, 0.25) is 0 Å². The molecule has 0 amide bonds. The Morgan fingerprint density at radius 1 is 0.562 bits per heavy atom. The van der Waals surface area contributed by atoms with Crippen molar-refractivity contribution < 1.29 is 0 Å². The van der Waals surface area contributed by atoms with Crippen LogP contribution in [0.25, 0.3) is 21.5 Å². The van der Waals surface area contributed by atoms with Gasteiger partial charge in [-0.3, -0.25) is 4.79 Å². The molecule has 16 heavy (non-hydrogen) atoms. The first-order valence-electron chi connectivity index (χ1n) is 5.27. The minimum absolute atomic E-state index is 0.0748. The Bertz CT molecular complexity index is 729. The third kappa shape index (κ3) is 1.29. The monoisotopic (exact) mass is 206 g/mol. The van der Waals surface area contributed by atoms with Gasteiger partial charge in [0.05, 0.1) is 0 Å². The molecule has 0 unspecified atom stereocenters. The summed E-state index contributed by atoms with van der Waals surface area (Å²) >= 11 is 0. The largest absolute Gasteiger partial charge is 0.289 e. The Kier molecular flexibility index (Phi) is 1.97.